The SMILES string of the molecule is Cc1ccc(C(C)NCc2cc(C#N)ccc2F)cc1F. The lowest BCUT2D eigenvalue weighted by Crippen LogP contribution is -2.19. The van der Waals surface area contributed by atoms with Crippen LogP contribution in [0.2, 0.25) is 0 Å². The van der Waals surface area contributed by atoms with Crippen LogP contribution < -0.4 is 5.32 Å². The summed E-state index contributed by atoms with van der Waals surface area (Å²) in [7, 11) is 0. The molecule has 0 saturated carbocycles. The fourth-order valence-electron chi connectivity index (χ4n) is 2.04. The van der Waals surface area contributed by atoms with E-state index in [4.69, 9.17) is 5.26 Å². The van der Waals surface area contributed by atoms with Crippen LogP contribution in [0.4, 0.5) is 8.78 Å². The first kappa shape index (κ1) is 15.1. The number of nitrogens with zero attached hydrogens (tertiary/aromatic N) is 1. The monoisotopic (exact) mass is 286 g/mol. The van der Waals surface area contributed by atoms with Crippen LogP contribution in [0, 0.1) is 29.9 Å². The Kier molecular flexibility index (Phi) is 4.66. The number of hydrogen-bond donors (Lipinski definition) is 1. The molecule has 0 aliphatic carbocycles. The predicted molar refractivity (Wildman–Crippen MR) is 77.5 cm³/mol. The Morgan fingerprint density at radius 1 is 1.14 bits per heavy atom. The molecule has 1 N–H and O–H groups in total. The van der Waals surface area contributed by atoms with Gasteiger partial charge in [-0.25, -0.2) is 8.78 Å². The van der Waals surface area contributed by atoms with Crippen molar-refractivity contribution in [2.75, 3.05) is 0 Å². The number of nitriles is 1. The van der Waals surface area contributed by atoms with Crippen molar-refractivity contribution in [2.45, 2.75) is 26.4 Å². The van der Waals surface area contributed by atoms with Gasteiger partial charge in [-0.05, 0) is 49.2 Å². The summed E-state index contributed by atoms with van der Waals surface area (Å²) in [6.45, 7) is 3.87. The summed E-state index contributed by atoms with van der Waals surface area (Å²) in [6.07, 6.45) is 0. The third kappa shape index (κ3) is 3.65. The van der Waals surface area contributed by atoms with Crippen molar-refractivity contribution in [2.24, 2.45) is 0 Å². The molecule has 0 aliphatic heterocycles. The molecule has 0 bridgehead atoms. The highest BCUT2D eigenvalue weighted by Gasteiger charge is 2.09. The van der Waals surface area contributed by atoms with Gasteiger partial charge in [-0.1, -0.05) is 12.1 Å². The van der Waals surface area contributed by atoms with Gasteiger partial charge < -0.3 is 5.32 Å². The quantitative estimate of drug-likeness (QED) is 0.922. The first-order chi connectivity index (χ1) is 10.0. The normalized spacial score (nSPS) is 12.0. The van der Waals surface area contributed by atoms with Gasteiger partial charge >= 0.3 is 0 Å². The first-order valence-electron chi connectivity index (χ1n) is 6.69. The van der Waals surface area contributed by atoms with E-state index in [9.17, 15) is 8.78 Å². The summed E-state index contributed by atoms with van der Waals surface area (Å²) in [5, 5.41) is 12.0. The summed E-state index contributed by atoms with van der Waals surface area (Å²) in [5.41, 5.74) is 2.24. The van der Waals surface area contributed by atoms with E-state index in [-0.39, 0.29) is 24.2 Å². The molecule has 0 heterocycles. The molecular weight excluding hydrogens is 270 g/mol. The second-order valence-electron chi connectivity index (χ2n) is 5.03. The van der Waals surface area contributed by atoms with Crippen molar-refractivity contribution < 1.29 is 8.78 Å². The largest absolute Gasteiger partial charge is 0.306 e. The van der Waals surface area contributed by atoms with Gasteiger partial charge in [-0.3, -0.25) is 0 Å². The second kappa shape index (κ2) is 6.47. The lowest BCUT2D eigenvalue weighted by Gasteiger charge is -2.15. The Hall–Kier alpha value is -2.25. The average Bonchev–Trinajstić information content (AvgIpc) is 2.49. The van der Waals surface area contributed by atoms with E-state index in [0.717, 1.165) is 5.56 Å². The van der Waals surface area contributed by atoms with E-state index in [1.54, 1.807) is 13.0 Å². The zero-order valence-corrected chi connectivity index (χ0v) is 12.0. The van der Waals surface area contributed by atoms with Gasteiger partial charge in [0.05, 0.1) is 11.6 Å². The number of hydrogen-bond acceptors (Lipinski definition) is 2. The molecule has 4 heteroatoms. The summed E-state index contributed by atoms with van der Waals surface area (Å²) < 4.78 is 27.2. The van der Waals surface area contributed by atoms with E-state index >= 15 is 0 Å². The second-order valence-corrected chi connectivity index (χ2v) is 5.03. The van der Waals surface area contributed by atoms with Crippen LogP contribution in [0.3, 0.4) is 0 Å². The average molecular weight is 286 g/mol. The lowest BCUT2D eigenvalue weighted by atomic mass is 10.1. The van der Waals surface area contributed by atoms with Crippen molar-refractivity contribution in [3.63, 3.8) is 0 Å². The van der Waals surface area contributed by atoms with Gasteiger partial charge in [-0.2, -0.15) is 5.26 Å². The first-order valence-corrected chi connectivity index (χ1v) is 6.69. The molecule has 2 rings (SSSR count). The van der Waals surface area contributed by atoms with Gasteiger partial charge in [0.2, 0.25) is 0 Å². The Balaban J connectivity index is 2.09. The maximum absolute atomic E-state index is 13.7. The van der Waals surface area contributed by atoms with Gasteiger partial charge in [0.25, 0.3) is 0 Å². The number of nitrogens with one attached hydrogen (secondary N) is 1. The molecule has 0 amide bonds. The van der Waals surface area contributed by atoms with E-state index < -0.39 is 0 Å². The molecular formula is C17H16F2N2. The number of benzene rings is 2. The Labute approximate surface area is 123 Å². The molecule has 0 spiro atoms. The smallest absolute Gasteiger partial charge is 0.127 e. The number of rotatable bonds is 4. The van der Waals surface area contributed by atoms with Crippen molar-refractivity contribution in [3.05, 3.63) is 70.3 Å². The van der Waals surface area contributed by atoms with Gasteiger partial charge in [0.1, 0.15) is 11.6 Å². The Morgan fingerprint density at radius 3 is 2.57 bits per heavy atom. The topological polar surface area (TPSA) is 35.8 Å². The molecule has 0 fully saturated rings. The van der Waals surface area contributed by atoms with Gasteiger partial charge in [0, 0.05) is 18.2 Å². The van der Waals surface area contributed by atoms with E-state index in [0.29, 0.717) is 16.7 Å². The van der Waals surface area contributed by atoms with Crippen molar-refractivity contribution in [1.29, 1.82) is 5.26 Å². The van der Waals surface area contributed by atoms with Crippen LogP contribution in [-0.2, 0) is 6.54 Å². The van der Waals surface area contributed by atoms with E-state index in [1.807, 2.05) is 19.1 Å². The minimum Gasteiger partial charge on any atom is -0.306 e. The third-order valence-corrected chi connectivity index (χ3v) is 3.47. The fraction of sp³-hybridized carbons (Fsp3) is 0.235. The highest BCUT2D eigenvalue weighted by molar-refractivity contribution is 5.34. The van der Waals surface area contributed by atoms with Crippen LogP contribution >= 0.6 is 0 Å². The molecule has 0 aromatic heterocycles. The molecule has 0 radical (unpaired) electrons. The van der Waals surface area contributed by atoms with Crippen LogP contribution in [0.5, 0.6) is 0 Å². The predicted octanol–water partition coefficient (Wildman–Crippen LogP) is 4.00. The van der Waals surface area contributed by atoms with Crippen LogP contribution in [-0.4, -0.2) is 0 Å². The Morgan fingerprint density at radius 2 is 1.90 bits per heavy atom. The van der Waals surface area contributed by atoms with Crippen LogP contribution in [0.1, 0.15) is 35.2 Å². The molecule has 1 unspecified atom stereocenters. The zero-order chi connectivity index (χ0) is 15.4. The minimum atomic E-state index is -0.358. The van der Waals surface area contributed by atoms with Crippen molar-refractivity contribution in [3.8, 4) is 6.07 Å². The molecule has 2 aromatic rings. The molecule has 21 heavy (non-hydrogen) atoms. The summed E-state index contributed by atoms with van der Waals surface area (Å²) >= 11 is 0. The summed E-state index contributed by atoms with van der Waals surface area (Å²) in [6, 6.07) is 11.2. The summed E-state index contributed by atoms with van der Waals surface area (Å²) in [4.78, 5) is 0. The molecule has 0 saturated heterocycles. The molecule has 2 nitrogen and oxygen atoms in total. The van der Waals surface area contributed by atoms with Crippen LogP contribution in [0.15, 0.2) is 36.4 Å². The maximum atomic E-state index is 13.7. The number of aryl methyl sites for hydroxylation is 1. The van der Waals surface area contributed by atoms with Crippen LogP contribution in [0.25, 0.3) is 0 Å². The van der Waals surface area contributed by atoms with Crippen molar-refractivity contribution in [1.82, 2.24) is 5.32 Å². The zero-order valence-electron chi connectivity index (χ0n) is 12.0. The van der Waals surface area contributed by atoms with Gasteiger partial charge in [0.15, 0.2) is 0 Å². The third-order valence-electron chi connectivity index (χ3n) is 3.47. The van der Waals surface area contributed by atoms with Gasteiger partial charge in [-0.15, -0.1) is 0 Å². The fourth-order valence-corrected chi connectivity index (χ4v) is 2.04. The maximum Gasteiger partial charge on any atom is 0.127 e. The standard InChI is InChI=1S/C17H16F2N2/c1-11-3-5-14(8-17(11)19)12(2)21-10-15-7-13(9-20)4-6-16(15)18/h3-8,12,21H,10H2,1-2H3. The van der Waals surface area contributed by atoms with Crippen molar-refractivity contribution >= 4 is 0 Å². The van der Waals surface area contributed by atoms with E-state index in [1.165, 1.54) is 24.3 Å². The van der Waals surface area contributed by atoms with E-state index in [2.05, 4.69) is 5.32 Å². The highest BCUT2D eigenvalue weighted by atomic mass is 19.1. The molecule has 1 atom stereocenters. The highest BCUT2D eigenvalue weighted by Crippen LogP contribution is 2.17. The molecule has 2 aromatic carbocycles. The molecule has 108 valence electrons. The Bertz CT molecular complexity index is 690. The number of halogens is 2. The minimum absolute atomic E-state index is 0.120. The molecule has 0 aliphatic rings. The lowest BCUT2D eigenvalue weighted by molar-refractivity contribution is 0.539. The summed E-state index contributed by atoms with van der Waals surface area (Å²) in [5.74, 6) is -0.609.